The van der Waals surface area contributed by atoms with Gasteiger partial charge in [0.15, 0.2) is 0 Å². The van der Waals surface area contributed by atoms with Crippen LogP contribution in [0.3, 0.4) is 0 Å². The largest absolute Gasteiger partial charge is 0.383 e. The van der Waals surface area contributed by atoms with E-state index in [0.717, 1.165) is 19.7 Å². The quantitative estimate of drug-likeness (QED) is 0.798. The highest BCUT2D eigenvalue weighted by Crippen LogP contribution is 2.28. The minimum atomic E-state index is -0.0284. The molecule has 0 bridgehead atoms. The van der Waals surface area contributed by atoms with Gasteiger partial charge >= 0.3 is 0 Å². The Balaban J connectivity index is 2.95. The molecule has 2 atom stereocenters. The molecular formula is C14H31N3O. The van der Waals surface area contributed by atoms with Gasteiger partial charge < -0.3 is 15.4 Å². The SMILES string of the molecule is COCC(CN)(C(C)C)N1CCCN(C)CC1C. The molecule has 0 aromatic heterocycles. The lowest BCUT2D eigenvalue weighted by Crippen LogP contribution is -2.63. The Bertz CT molecular complexity index is 247. The van der Waals surface area contributed by atoms with Crippen molar-refractivity contribution in [2.24, 2.45) is 11.7 Å². The summed E-state index contributed by atoms with van der Waals surface area (Å²) in [4.78, 5) is 5.00. The van der Waals surface area contributed by atoms with Crippen molar-refractivity contribution in [3.63, 3.8) is 0 Å². The molecule has 18 heavy (non-hydrogen) atoms. The summed E-state index contributed by atoms with van der Waals surface area (Å²) < 4.78 is 5.49. The van der Waals surface area contributed by atoms with E-state index in [-0.39, 0.29) is 5.54 Å². The number of nitrogens with zero attached hydrogens (tertiary/aromatic N) is 2. The molecule has 1 rings (SSSR count). The Kier molecular flexibility index (Phi) is 6.05. The Labute approximate surface area is 112 Å². The first-order valence-electron chi connectivity index (χ1n) is 7.12. The second kappa shape index (κ2) is 6.85. The van der Waals surface area contributed by atoms with Gasteiger partial charge in [-0.2, -0.15) is 0 Å². The average molecular weight is 257 g/mol. The third-order valence-corrected chi connectivity index (χ3v) is 4.44. The first kappa shape index (κ1) is 15.9. The number of hydrogen-bond acceptors (Lipinski definition) is 4. The zero-order valence-electron chi connectivity index (χ0n) is 12.8. The van der Waals surface area contributed by atoms with Gasteiger partial charge in [-0.15, -0.1) is 0 Å². The highest BCUT2D eigenvalue weighted by molar-refractivity contribution is 4.98. The molecule has 2 N–H and O–H groups in total. The van der Waals surface area contributed by atoms with Crippen LogP contribution in [0.5, 0.6) is 0 Å². The van der Waals surface area contributed by atoms with Gasteiger partial charge in [-0.1, -0.05) is 13.8 Å². The van der Waals surface area contributed by atoms with Crippen LogP contribution in [0.1, 0.15) is 27.2 Å². The van der Waals surface area contributed by atoms with Crippen LogP contribution in [-0.4, -0.2) is 68.3 Å². The maximum absolute atomic E-state index is 6.14. The van der Waals surface area contributed by atoms with Gasteiger partial charge in [0.05, 0.1) is 12.1 Å². The number of likely N-dealkylation sites (N-methyl/N-ethyl adjacent to an activating group) is 1. The molecule has 4 heteroatoms. The van der Waals surface area contributed by atoms with Crippen molar-refractivity contribution in [1.29, 1.82) is 0 Å². The van der Waals surface area contributed by atoms with Gasteiger partial charge in [-0.05, 0) is 32.9 Å². The van der Waals surface area contributed by atoms with E-state index in [0.29, 0.717) is 18.5 Å². The lowest BCUT2D eigenvalue weighted by molar-refractivity contribution is -0.0352. The second-order valence-electron chi connectivity index (χ2n) is 6.05. The van der Waals surface area contributed by atoms with Crippen molar-refractivity contribution >= 4 is 0 Å². The van der Waals surface area contributed by atoms with Gasteiger partial charge in [0.2, 0.25) is 0 Å². The summed E-state index contributed by atoms with van der Waals surface area (Å²) >= 11 is 0. The van der Waals surface area contributed by atoms with E-state index in [1.54, 1.807) is 7.11 Å². The lowest BCUT2D eigenvalue weighted by Gasteiger charge is -2.48. The van der Waals surface area contributed by atoms with E-state index in [9.17, 15) is 0 Å². The summed E-state index contributed by atoms with van der Waals surface area (Å²) in [5.41, 5.74) is 6.11. The summed E-state index contributed by atoms with van der Waals surface area (Å²) in [6.45, 7) is 11.6. The third-order valence-electron chi connectivity index (χ3n) is 4.44. The van der Waals surface area contributed by atoms with Gasteiger partial charge in [-0.3, -0.25) is 4.90 Å². The summed E-state index contributed by atoms with van der Waals surface area (Å²) in [7, 11) is 3.98. The number of rotatable bonds is 5. The van der Waals surface area contributed by atoms with Crippen molar-refractivity contribution in [3.05, 3.63) is 0 Å². The molecule has 0 aliphatic carbocycles. The Morgan fingerprint density at radius 3 is 2.56 bits per heavy atom. The van der Waals surface area contributed by atoms with Crippen LogP contribution in [0.25, 0.3) is 0 Å². The summed E-state index contributed by atoms with van der Waals surface area (Å²) in [6, 6.07) is 0.526. The molecule has 1 fully saturated rings. The topological polar surface area (TPSA) is 41.7 Å². The first-order chi connectivity index (χ1) is 8.47. The van der Waals surface area contributed by atoms with Crippen LogP contribution in [0.2, 0.25) is 0 Å². The third kappa shape index (κ3) is 3.23. The maximum atomic E-state index is 6.14. The summed E-state index contributed by atoms with van der Waals surface area (Å²) in [6.07, 6.45) is 1.21. The normalized spacial score (nSPS) is 27.2. The maximum Gasteiger partial charge on any atom is 0.0661 e. The van der Waals surface area contributed by atoms with Crippen LogP contribution < -0.4 is 5.73 Å². The lowest BCUT2D eigenvalue weighted by atomic mass is 9.84. The van der Waals surface area contributed by atoms with E-state index in [2.05, 4.69) is 37.6 Å². The van der Waals surface area contributed by atoms with Crippen LogP contribution in [0.15, 0.2) is 0 Å². The average Bonchev–Trinajstić information content (AvgIpc) is 2.47. The van der Waals surface area contributed by atoms with Crippen LogP contribution in [-0.2, 0) is 4.74 Å². The predicted molar refractivity (Wildman–Crippen MR) is 76.8 cm³/mol. The van der Waals surface area contributed by atoms with Crippen LogP contribution in [0.4, 0.5) is 0 Å². The zero-order valence-corrected chi connectivity index (χ0v) is 12.8. The molecule has 0 saturated carbocycles. The van der Waals surface area contributed by atoms with Crippen molar-refractivity contribution in [2.45, 2.75) is 38.8 Å². The molecule has 1 heterocycles. The summed E-state index contributed by atoms with van der Waals surface area (Å²) in [5, 5.41) is 0. The number of ether oxygens (including phenoxy) is 1. The van der Waals surface area contributed by atoms with E-state index in [1.165, 1.54) is 13.0 Å². The van der Waals surface area contributed by atoms with Crippen molar-refractivity contribution in [2.75, 3.05) is 46.9 Å². The molecule has 0 spiro atoms. The molecule has 0 aromatic carbocycles. The van der Waals surface area contributed by atoms with E-state index in [4.69, 9.17) is 10.5 Å². The Morgan fingerprint density at radius 1 is 1.39 bits per heavy atom. The number of nitrogens with two attached hydrogens (primary N) is 1. The van der Waals surface area contributed by atoms with E-state index >= 15 is 0 Å². The van der Waals surface area contributed by atoms with Crippen molar-refractivity contribution < 1.29 is 4.74 Å². The molecule has 0 amide bonds. The first-order valence-corrected chi connectivity index (χ1v) is 7.12. The number of hydrogen-bond donors (Lipinski definition) is 1. The van der Waals surface area contributed by atoms with Gasteiger partial charge in [0.1, 0.15) is 0 Å². The predicted octanol–water partition coefficient (Wildman–Crippen LogP) is 1.01. The zero-order chi connectivity index (χ0) is 13.8. The minimum Gasteiger partial charge on any atom is -0.383 e. The van der Waals surface area contributed by atoms with E-state index < -0.39 is 0 Å². The van der Waals surface area contributed by atoms with Crippen LogP contribution >= 0.6 is 0 Å². The molecule has 4 nitrogen and oxygen atoms in total. The smallest absolute Gasteiger partial charge is 0.0661 e. The van der Waals surface area contributed by atoms with Gasteiger partial charge in [0, 0.05) is 32.8 Å². The van der Waals surface area contributed by atoms with Gasteiger partial charge in [-0.25, -0.2) is 0 Å². The highest BCUT2D eigenvalue weighted by atomic mass is 16.5. The van der Waals surface area contributed by atoms with Crippen molar-refractivity contribution in [1.82, 2.24) is 9.80 Å². The van der Waals surface area contributed by atoms with Gasteiger partial charge in [0.25, 0.3) is 0 Å². The molecule has 1 aliphatic heterocycles. The fourth-order valence-electron chi connectivity index (χ4n) is 3.28. The fourth-order valence-corrected chi connectivity index (χ4v) is 3.28. The van der Waals surface area contributed by atoms with Crippen molar-refractivity contribution in [3.8, 4) is 0 Å². The molecule has 2 unspecified atom stereocenters. The Morgan fingerprint density at radius 2 is 2.06 bits per heavy atom. The standard InChI is InChI=1S/C14H31N3O/c1-12(2)14(10-15,11-18-5)17-8-6-7-16(4)9-13(17)3/h12-13H,6-11,15H2,1-5H3. The number of methoxy groups -OCH3 is 1. The fraction of sp³-hybridized carbons (Fsp3) is 1.00. The molecule has 108 valence electrons. The monoisotopic (exact) mass is 257 g/mol. The molecule has 0 aromatic rings. The summed E-state index contributed by atoms with van der Waals surface area (Å²) in [5.74, 6) is 0.494. The van der Waals surface area contributed by atoms with E-state index in [1.807, 2.05) is 0 Å². The highest BCUT2D eigenvalue weighted by Gasteiger charge is 2.41. The molecule has 1 aliphatic rings. The molecule has 1 saturated heterocycles. The molecule has 0 radical (unpaired) electrons. The molecular weight excluding hydrogens is 226 g/mol. The Hall–Kier alpha value is -0.160. The van der Waals surface area contributed by atoms with Crippen LogP contribution in [0, 0.1) is 5.92 Å². The second-order valence-corrected chi connectivity index (χ2v) is 6.05. The minimum absolute atomic E-state index is 0.0284.